The molecule has 1 atom stereocenters. The number of carbonyl (C=O) groups excluding carboxylic acids is 1. The minimum absolute atomic E-state index is 0.0114. The van der Waals surface area contributed by atoms with Crippen molar-refractivity contribution in [3.63, 3.8) is 0 Å². The van der Waals surface area contributed by atoms with Crippen molar-refractivity contribution in [1.82, 2.24) is 14.8 Å². The first-order valence-electron chi connectivity index (χ1n) is 11.0. The summed E-state index contributed by atoms with van der Waals surface area (Å²) in [5, 5.41) is 9.76. The van der Waals surface area contributed by atoms with Crippen LogP contribution in [0.5, 0.6) is 0 Å². The van der Waals surface area contributed by atoms with Crippen molar-refractivity contribution < 1.29 is 31.1 Å². The van der Waals surface area contributed by atoms with Crippen molar-refractivity contribution >= 4 is 36.6 Å². The number of nitrogens with zero attached hydrogens (tertiary/aromatic N) is 3. The zero-order valence-corrected chi connectivity index (χ0v) is 19.4. The van der Waals surface area contributed by atoms with Crippen LogP contribution in [-0.4, -0.2) is 40.6 Å². The van der Waals surface area contributed by atoms with E-state index in [9.17, 15) is 31.1 Å². The molecule has 2 aromatic carbocycles. The maximum absolute atomic E-state index is 13.3. The van der Waals surface area contributed by atoms with Gasteiger partial charge in [-0.1, -0.05) is 0 Å². The van der Waals surface area contributed by atoms with E-state index < -0.39 is 35.3 Å². The van der Waals surface area contributed by atoms with E-state index in [2.05, 4.69) is 27.2 Å². The van der Waals surface area contributed by atoms with Crippen molar-refractivity contribution in [2.75, 3.05) is 10.6 Å². The van der Waals surface area contributed by atoms with Crippen LogP contribution in [0.3, 0.4) is 0 Å². The van der Waals surface area contributed by atoms with E-state index >= 15 is 0 Å². The fourth-order valence-electron chi connectivity index (χ4n) is 3.58. The van der Waals surface area contributed by atoms with Gasteiger partial charge < -0.3 is 0 Å². The second kappa shape index (κ2) is 10.5. The van der Waals surface area contributed by atoms with Crippen LogP contribution < -0.4 is 16.1 Å². The Labute approximate surface area is 213 Å². The third kappa shape index (κ3) is 6.10. The van der Waals surface area contributed by atoms with Gasteiger partial charge in [-0.25, -0.2) is 0 Å². The molecule has 13 heteroatoms. The Morgan fingerprint density at radius 2 is 1.47 bits per heavy atom. The molecule has 0 aliphatic rings. The third-order valence-corrected chi connectivity index (χ3v) is 5.41. The molecule has 4 rings (SSSR count). The molecule has 2 aromatic heterocycles. The van der Waals surface area contributed by atoms with E-state index in [1.54, 1.807) is 61.8 Å². The van der Waals surface area contributed by atoms with Gasteiger partial charge in [0, 0.05) is 0 Å². The molecule has 2 N–H and O–H groups in total. The van der Waals surface area contributed by atoms with Gasteiger partial charge in [0.1, 0.15) is 0 Å². The van der Waals surface area contributed by atoms with E-state index in [1.165, 1.54) is 4.68 Å². The molecule has 38 heavy (non-hydrogen) atoms. The first-order valence-corrected chi connectivity index (χ1v) is 11.0. The van der Waals surface area contributed by atoms with Gasteiger partial charge in [0.05, 0.1) is 0 Å². The number of hydrogen-bond donors (Lipinski definition) is 2. The number of alkyl halides is 6. The Morgan fingerprint density at radius 1 is 0.868 bits per heavy atom. The summed E-state index contributed by atoms with van der Waals surface area (Å²) in [4.78, 5) is 15.8. The molecule has 0 saturated carbocycles. The number of pyridine rings is 1. The molecule has 0 radical (unpaired) electrons. The Balaban J connectivity index is 1.71. The van der Waals surface area contributed by atoms with Crippen LogP contribution in [0, 0.1) is 0 Å². The van der Waals surface area contributed by atoms with E-state index in [4.69, 9.17) is 0 Å². The summed E-state index contributed by atoms with van der Waals surface area (Å²) in [6, 6.07) is 13.0. The molecule has 2 heterocycles. The average molecular weight is 529 g/mol. The number of benzene rings is 2. The van der Waals surface area contributed by atoms with E-state index in [1.807, 2.05) is 0 Å². The van der Waals surface area contributed by atoms with Crippen molar-refractivity contribution in [3.05, 3.63) is 84.2 Å². The van der Waals surface area contributed by atoms with Gasteiger partial charge >= 0.3 is 180 Å². The SMILES string of the molecule is C=Bc1ccc(-n2nc(-c3ccncc3)cc2NC(C=O)Nc2cc(C(F)(F)F)cc(C(F)(F)F)c2)cc1. The summed E-state index contributed by atoms with van der Waals surface area (Å²) in [5.41, 5.74) is -0.992. The van der Waals surface area contributed by atoms with E-state index in [-0.39, 0.29) is 11.9 Å². The number of nitrogens with one attached hydrogen (secondary N) is 2. The van der Waals surface area contributed by atoms with E-state index in [0.717, 1.165) is 5.46 Å². The number of rotatable bonds is 8. The van der Waals surface area contributed by atoms with Gasteiger partial charge in [-0.15, -0.1) is 0 Å². The molecule has 0 fully saturated rings. The van der Waals surface area contributed by atoms with Gasteiger partial charge in [0.15, 0.2) is 0 Å². The average Bonchev–Trinajstić information content (AvgIpc) is 3.31. The zero-order valence-electron chi connectivity index (χ0n) is 19.4. The van der Waals surface area contributed by atoms with Gasteiger partial charge in [-0.3, -0.25) is 0 Å². The molecule has 1 unspecified atom stereocenters. The fourth-order valence-corrected chi connectivity index (χ4v) is 3.58. The van der Waals surface area contributed by atoms with Crippen LogP contribution in [0.25, 0.3) is 16.9 Å². The summed E-state index contributed by atoms with van der Waals surface area (Å²) < 4.78 is 81.0. The van der Waals surface area contributed by atoms with Crippen LogP contribution in [0.1, 0.15) is 11.1 Å². The Bertz CT molecular complexity index is 1400. The van der Waals surface area contributed by atoms with Gasteiger partial charge in [0.25, 0.3) is 0 Å². The van der Waals surface area contributed by atoms with Crippen molar-refractivity contribution in [3.8, 4) is 16.9 Å². The quantitative estimate of drug-likeness (QED) is 0.149. The topological polar surface area (TPSA) is 71.8 Å². The Hall–Kier alpha value is -4.42. The van der Waals surface area contributed by atoms with Gasteiger partial charge in [-0.2, -0.15) is 26.3 Å². The standard InChI is InChI=1S/C25H18BF6N5O/c1-26-18-2-4-20(5-3-18)37-23(13-21(36-37)15-6-8-33-9-7-15)35-22(14-38)34-19-11-16(24(27,28)29)10-17(12-19)25(30,31)32/h2-14,22,34-35H,1H2. The number of aldehydes is 1. The molecule has 0 spiro atoms. The first-order chi connectivity index (χ1) is 18.0. The molecular weight excluding hydrogens is 511 g/mol. The van der Waals surface area contributed by atoms with Crippen molar-refractivity contribution in [2.45, 2.75) is 18.5 Å². The maximum atomic E-state index is 13.3. The zero-order chi connectivity index (χ0) is 27.5. The minimum atomic E-state index is -5.03. The number of halogens is 6. The van der Waals surface area contributed by atoms with E-state index in [0.29, 0.717) is 35.4 Å². The molecule has 0 amide bonds. The summed E-state index contributed by atoms with van der Waals surface area (Å²) in [5.74, 6) is 0.246. The molecule has 0 bridgehead atoms. The molecule has 4 aromatic rings. The molecule has 0 saturated heterocycles. The van der Waals surface area contributed by atoms with Crippen LogP contribution >= 0.6 is 0 Å². The van der Waals surface area contributed by atoms with Crippen molar-refractivity contribution in [1.29, 1.82) is 0 Å². The van der Waals surface area contributed by atoms with Crippen LogP contribution in [0.2, 0.25) is 0 Å². The number of aromatic nitrogens is 3. The van der Waals surface area contributed by atoms with Gasteiger partial charge in [0.2, 0.25) is 0 Å². The predicted octanol–water partition coefficient (Wildman–Crippen LogP) is 4.78. The second-order valence-corrected chi connectivity index (χ2v) is 8.06. The monoisotopic (exact) mass is 529 g/mol. The summed E-state index contributed by atoms with van der Waals surface area (Å²) >= 11 is 0. The third-order valence-electron chi connectivity index (χ3n) is 5.41. The number of anilines is 2. The molecule has 0 aliphatic heterocycles. The first kappa shape index (κ1) is 26.6. The Kier molecular flexibility index (Phi) is 7.38. The molecule has 6 nitrogen and oxygen atoms in total. The molecule has 194 valence electrons. The molecular formula is C25H18BF6N5O. The van der Waals surface area contributed by atoms with Gasteiger partial charge in [-0.05, 0) is 6.07 Å². The summed E-state index contributed by atoms with van der Waals surface area (Å²) in [6.07, 6.45) is -8.04. The number of carbonyl (C=O) groups is 1. The number of hydrogen-bond acceptors (Lipinski definition) is 5. The molecule has 0 aliphatic carbocycles. The van der Waals surface area contributed by atoms with Crippen LogP contribution in [0.15, 0.2) is 73.1 Å². The van der Waals surface area contributed by atoms with Crippen molar-refractivity contribution in [2.24, 2.45) is 0 Å². The normalized spacial score (nSPS) is 12.5. The van der Waals surface area contributed by atoms with Crippen LogP contribution in [-0.2, 0) is 17.1 Å². The Morgan fingerprint density at radius 3 is 2.00 bits per heavy atom. The van der Waals surface area contributed by atoms with Crippen LogP contribution in [0.4, 0.5) is 37.8 Å². The second-order valence-electron chi connectivity index (χ2n) is 8.06. The summed E-state index contributed by atoms with van der Waals surface area (Å²) in [7, 11) is 0. The predicted molar refractivity (Wildman–Crippen MR) is 133 cm³/mol. The fraction of sp³-hybridized carbons (Fsp3) is 0.120. The summed E-state index contributed by atoms with van der Waals surface area (Å²) in [6.45, 7) is 5.34.